The van der Waals surface area contributed by atoms with Crippen molar-refractivity contribution >= 4 is 10.0 Å². The van der Waals surface area contributed by atoms with Crippen LogP contribution >= 0.6 is 0 Å². The lowest BCUT2D eigenvalue weighted by Crippen LogP contribution is -2.61. The van der Waals surface area contributed by atoms with Gasteiger partial charge in [0, 0.05) is 13.1 Å². The normalized spacial score (nSPS) is 19.6. The number of halogens is 3. The summed E-state index contributed by atoms with van der Waals surface area (Å²) in [6.07, 6.45) is 0. The highest BCUT2D eigenvalue weighted by molar-refractivity contribution is 7.89. The van der Waals surface area contributed by atoms with Gasteiger partial charge in [-0.1, -0.05) is 0 Å². The first-order chi connectivity index (χ1) is 8.15. The van der Waals surface area contributed by atoms with Crippen molar-refractivity contribution in [3.05, 3.63) is 29.6 Å². The van der Waals surface area contributed by atoms with Gasteiger partial charge in [-0.2, -0.15) is 4.31 Å². The maximum absolute atomic E-state index is 13.4. The molecule has 8 heteroatoms. The van der Waals surface area contributed by atoms with Crippen molar-refractivity contribution in [2.75, 3.05) is 13.1 Å². The van der Waals surface area contributed by atoms with E-state index in [2.05, 4.69) is 0 Å². The Balaban J connectivity index is 2.41. The van der Waals surface area contributed by atoms with Crippen LogP contribution in [0, 0.1) is 17.5 Å². The summed E-state index contributed by atoms with van der Waals surface area (Å²) in [5.74, 6) is -5.04. The Hall–Kier alpha value is -1.12. The minimum atomic E-state index is -4.25. The van der Waals surface area contributed by atoms with E-state index < -0.39 is 38.0 Å². The molecule has 18 heavy (non-hydrogen) atoms. The van der Waals surface area contributed by atoms with Crippen LogP contribution in [0.3, 0.4) is 0 Å². The molecule has 0 spiro atoms. The Morgan fingerprint density at radius 2 is 1.78 bits per heavy atom. The molecule has 4 nitrogen and oxygen atoms in total. The molecule has 100 valence electrons. The van der Waals surface area contributed by atoms with Gasteiger partial charge in [-0.05, 0) is 19.1 Å². The molecule has 1 heterocycles. The minimum absolute atomic E-state index is 0.215. The second-order valence-corrected chi connectivity index (χ2v) is 6.35. The summed E-state index contributed by atoms with van der Waals surface area (Å²) in [4.78, 5) is -0.933. The molecule has 1 saturated heterocycles. The highest BCUT2D eigenvalue weighted by Gasteiger charge is 2.45. The van der Waals surface area contributed by atoms with Gasteiger partial charge in [0.25, 0.3) is 0 Å². The topological polar surface area (TPSA) is 57.6 Å². The number of hydrogen-bond donors (Lipinski definition) is 1. The lowest BCUT2D eigenvalue weighted by molar-refractivity contribution is -0.0427. The second-order valence-electron chi connectivity index (χ2n) is 4.44. The van der Waals surface area contributed by atoms with Gasteiger partial charge in [0.1, 0.15) is 4.90 Å². The van der Waals surface area contributed by atoms with Crippen LogP contribution in [0.25, 0.3) is 0 Å². The third-order valence-corrected chi connectivity index (χ3v) is 4.46. The van der Waals surface area contributed by atoms with Crippen LogP contribution in [0.2, 0.25) is 0 Å². The van der Waals surface area contributed by atoms with Crippen LogP contribution in [0.5, 0.6) is 0 Å². The van der Waals surface area contributed by atoms with Crippen molar-refractivity contribution < 1.29 is 26.7 Å². The van der Waals surface area contributed by atoms with Gasteiger partial charge in [-0.25, -0.2) is 21.6 Å². The minimum Gasteiger partial charge on any atom is -0.387 e. The molecule has 1 N–H and O–H groups in total. The molecule has 0 atom stereocenters. The monoisotopic (exact) mass is 281 g/mol. The van der Waals surface area contributed by atoms with Gasteiger partial charge in [-0.15, -0.1) is 0 Å². The van der Waals surface area contributed by atoms with E-state index in [4.69, 9.17) is 0 Å². The van der Waals surface area contributed by atoms with E-state index in [1.54, 1.807) is 0 Å². The van der Waals surface area contributed by atoms with Gasteiger partial charge in [0.05, 0.1) is 5.60 Å². The first-order valence-corrected chi connectivity index (χ1v) is 6.45. The molecule has 0 radical (unpaired) electrons. The number of aliphatic hydroxyl groups is 1. The molecule has 1 aliphatic heterocycles. The van der Waals surface area contributed by atoms with E-state index >= 15 is 0 Å². The van der Waals surface area contributed by atoms with Gasteiger partial charge in [0.15, 0.2) is 17.5 Å². The zero-order valence-electron chi connectivity index (χ0n) is 9.32. The average Bonchev–Trinajstić information content (AvgIpc) is 2.22. The largest absolute Gasteiger partial charge is 0.387 e. The van der Waals surface area contributed by atoms with Gasteiger partial charge in [0.2, 0.25) is 10.0 Å². The zero-order valence-corrected chi connectivity index (χ0v) is 10.1. The summed E-state index contributed by atoms with van der Waals surface area (Å²) in [5.41, 5.74) is -1.18. The van der Waals surface area contributed by atoms with Crippen LogP contribution in [0.15, 0.2) is 17.0 Å². The van der Waals surface area contributed by atoms with E-state index in [9.17, 15) is 26.7 Å². The SMILES string of the molecule is CC1(O)CN(S(=O)(=O)c2ccc(F)c(F)c2F)C1. The Morgan fingerprint density at radius 1 is 1.22 bits per heavy atom. The second kappa shape index (κ2) is 3.94. The predicted octanol–water partition coefficient (Wildman–Crippen LogP) is 0.859. The summed E-state index contributed by atoms with van der Waals surface area (Å²) < 4.78 is 63.6. The fourth-order valence-corrected chi connectivity index (χ4v) is 3.46. The molecule has 1 aromatic carbocycles. The fourth-order valence-electron chi connectivity index (χ4n) is 1.73. The summed E-state index contributed by atoms with van der Waals surface area (Å²) in [5, 5.41) is 9.43. The number of hydrogen-bond acceptors (Lipinski definition) is 3. The predicted molar refractivity (Wildman–Crippen MR) is 55.7 cm³/mol. The van der Waals surface area contributed by atoms with Crippen LogP contribution in [0.1, 0.15) is 6.92 Å². The molecule has 1 fully saturated rings. The van der Waals surface area contributed by atoms with Gasteiger partial charge < -0.3 is 5.11 Å². The van der Waals surface area contributed by atoms with Crippen LogP contribution in [-0.4, -0.2) is 36.5 Å². The van der Waals surface area contributed by atoms with E-state index in [1.807, 2.05) is 0 Å². The van der Waals surface area contributed by atoms with Gasteiger partial charge in [-0.3, -0.25) is 0 Å². The molecule has 0 saturated carbocycles. The van der Waals surface area contributed by atoms with Crippen LogP contribution in [-0.2, 0) is 10.0 Å². The highest BCUT2D eigenvalue weighted by atomic mass is 32.2. The summed E-state index contributed by atoms with van der Waals surface area (Å²) in [7, 11) is -4.25. The summed E-state index contributed by atoms with van der Waals surface area (Å²) in [6, 6.07) is 1.21. The molecule has 1 aromatic rings. The number of β-amino-alcohol motifs (C(OH)–C–C–N with tert-alkyl or cyclic N) is 1. The van der Waals surface area contributed by atoms with Gasteiger partial charge >= 0.3 is 0 Å². The fraction of sp³-hybridized carbons (Fsp3) is 0.400. The van der Waals surface area contributed by atoms with Crippen molar-refractivity contribution in [3.8, 4) is 0 Å². The highest BCUT2D eigenvalue weighted by Crippen LogP contribution is 2.29. The molecule has 0 amide bonds. The molecule has 0 unspecified atom stereocenters. The zero-order chi connectivity index (χ0) is 13.7. The lowest BCUT2D eigenvalue weighted by Gasteiger charge is -2.42. The van der Waals surface area contributed by atoms with Crippen molar-refractivity contribution in [1.29, 1.82) is 0 Å². The molecular weight excluding hydrogens is 271 g/mol. The van der Waals surface area contributed by atoms with Crippen molar-refractivity contribution in [3.63, 3.8) is 0 Å². The quantitative estimate of drug-likeness (QED) is 0.818. The van der Waals surface area contributed by atoms with Crippen molar-refractivity contribution in [1.82, 2.24) is 4.31 Å². The lowest BCUT2D eigenvalue weighted by atomic mass is 10.0. The number of rotatable bonds is 2. The van der Waals surface area contributed by atoms with E-state index in [-0.39, 0.29) is 13.1 Å². The van der Waals surface area contributed by atoms with Crippen molar-refractivity contribution in [2.45, 2.75) is 17.4 Å². The third-order valence-electron chi connectivity index (χ3n) is 2.65. The maximum Gasteiger partial charge on any atom is 0.246 e. The van der Waals surface area contributed by atoms with Crippen molar-refractivity contribution in [2.24, 2.45) is 0 Å². The molecule has 0 aromatic heterocycles. The molecule has 2 rings (SSSR count). The maximum atomic E-state index is 13.4. The van der Waals surface area contributed by atoms with E-state index in [0.29, 0.717) is 12.1 Å². The number of nitrogens with zero attached hydrogens (tertiary/aromatic N) is 1. The third kappa shape index (κ3) is 2.00. The number of benzene rings is 1. The average molecular weight is 281 g/mol. The molecule has 0 aliphatic carbocycles. The van der Waals surface area contributed by atoms with E-state index in [0.717, 1.165) is 4.31 Å². The molecular formula is C10H10F3NO3S. The molecule has 0 bridgehead atoms. The Labute approximate surface area is 102 Å². The number of sulfonamides is 1. The Bertz CT molecular complexity index is 593. The van der Waals surface area contributed by atoms with E-state index in [1.165, 1.54) is 6.92 Å². The molecule has 1 aliphatic rings. The Morgan fingerprint density at radius 3 is 2.28 bits per heavy atom. The Kier molecular flexibility index (Phi) is 2.91. The summed E-state index contributed by atoms with van der Waals surface area (Å²) in [6.45, 7) is 0.988. The smallest absolute Gasteiger partial charge is 0.246 e. The van der Waals surface area contributed by atoms with Crippen LogP contribution in [0.4, 0.5) is 13.2 Å². The standard InChI is InChI=1S/C10H10F3NO3S/c1-10(15)4-14(5-10)18(16,17)7-3-2-6(11)8(12)9(7)13/h2-3,15H,4-5H2,1H3. The first kappa shape index (κ1) is 13.3. The summed E-state index contributed by atoms with van der Waals surface area (Å²) >= 11 is 0. The first-order valence-electron chi connectivity index (χ1n) is 5.01. The van der Waals surface area contributed by atoms with Crippen LogP contribution < -0.4 is 0 Å².